The molecule has 0 unspecified atom stereocenters. The number of rotatable bonds is 6. The fourth-order valence-electron chi connectivity index (χ4n) is 6.44. The summed E-state index contributed by atoms with van der Waals surface area (Å²) in [5, 5.41) is 3.85. The van der Waals surface area contributed by atoms with Gasteiger partial charge in [0, 0.05) is 73.1 Å². The van der Waals surface area contributed by atoms with Crippen molar-refractivity contribution < 1.29 is 14.3 Å². The average Bonchev–Trinajstić information content (AvgIpc) is 3.66. The lowest BCUT2D eigenvalue weighted by Gasteiger charge is -2.40. The predicted molar refractivity (Wildman–Crippen MR) is 146 cm³/mol. The van der Waals surface area contributed by atoms with Crippen molar-refractivity contribution >= 4 is 17.7 Å². The number of anilines is 1. The molecule has 0 spiro atoms. The van der Waals surface area contributed by atoms with Gasteiger partial charge in [-0.05, 0) is 43.9 Å². The van der Waals surface area contributed by atoms with Gasteiger partial charge in [0.05, 0.1) is 31.7 Å². The number of fused-ring (bicyclic) bond motifs is 1. The number of methoxy groups -OCH3 is 1. The summed E-state index contributed by atoms with van der Waals surface area (Å²) in [6.45, 7) is 5.23. The number of amides is 1. The number of nitrogens with one attached hydrogen (secondary N) is 1. The summed E-state index contributed by atoms with van der Waals surface area (Å²) in [5.74, 6) is 0.803. The summed E-state index contributed by atoms with van der Waals surface area (Å²) in [5.41, 5.74) is 6.16. The summed E-state index contributed by atoms with van der Waals surface area (Å²) in [6, 6.07) is 6.95. The minimum atomic E-state index is 0.0876. The van der Waals surface area contributed by atoms with Gasteiger partial charge in [0.2, 0.25) is 0 Å². The first-order valence-corrected chi connectivity index (χ1v) is 14.0. The summed E-state index contributed by atoms with van der Waals surface area (Å²) < 4.78 is 11.4. The third kappa shape index (κ3) is 4.99. The molecule has 1 saturated carbocycles. The number of nitrogens with zero attached hydrogens (tertiary/aromatic N) is 3. The van der Waals surface area contributed by atoms with Crippen molar-refractivity contribution in [2.75, 3.05) is 51.8 Å². The minimum absolute atomic E-state index is 0.0876. The van der Waals surface area contributed by atoms with Crippen LogP contribution in [0.4, 0.5) is 5.69 Å². The molecule has 3 fully saturated rings. The smallest absolute Gasteiger partial charge is 0.253 e. The molecule has 1 amide bonds. The van der Waals surface area contributed by atoms with Gasteiger partial charge in [-0.3, -0.25) is 14.7 Å². The maximum absolute atomic E-state index is 13.5. The Bertz CT molecular complexity index is 1160. The first-order valence-electron chi connectivity index (χ1n) is 14.0. The third-order valence-electron chi connectivity index (χ3n) is 8.55. The molecule has 196 valence electrons. The van der Waals surface area contributed by atoms with E-state index in [0.29, 0.717) is 23.4 Å². The highest BCUT2D eigenvalue weighted by Crippen LogP contribution is 2.41. The molecule has 4 aliphatic rings. The van der Waals surface area contributed by atoms with E-state index >= 15 is 0 Å². The third-order valence-corrected chi connectivity index (χ3v) is 8.55. The fraction of sp³-hybridized carbons (Fsp3) is 0.533. The van der Waals surface area contributed by atoms with Crippen LogP contribution in [0.15, 0.2) is 30.5 Å². The highest BCUT2D eigenvalue weighted by molar-refractivity contribution is 5.97. The van der Waals surface area contributed by atoms with Gasteiger partial charge in [0.25, 0.3) is 5.91 Å². The Morgan fingerprint density at radius 2 is 1.84 bits per heavy atom. The van der Waals surface area contributed by atoms with Crippen LogP contribution in [0.5, 0.6) is 5.75 Å². The number of allylic oxidation sites excluding steroid dienone is 1. The molecule has 7 heteroatoms. The number of morpholine rings is 1. The first-order chi connectivity index (χ1) is 18.2. The van der Waals surface area contributed by atoms with Crippen LogP contribution in [0, 0.1) is 0 Å². The second kappa shape index (κ2) is 10.8. The highest BCUT2D eigenvalue weighted by atomic mass is 16.5. The predicted octanol–water partition coefficient (Wildman–Crippen LogP) is 4.62. The largest absolute Gasteiger partial charge is 0.496 e. The second-order valence-corrected chi connectivity index (χ2v) is 10.7. The number of hydrogen-bond acceptors (Lipinski definition) is 6. The molecule has 1 aromatic carbocycles. The van der Waals surface area contributed by atoms with E-state index in [2.05, 4.69) is 22.4 Å². The number of carbonyl (C=O) groups is 1. The molecule has 0 atom stereocenters. The zero-order valence-corrected chi connectivity index (χ0v) is 21.9. The van der Waals surface area contributed by atoms with Crippen LogP contribution in [0.3, 0.4) is 0 Å². The van der Waals surface area contributed by atoms with E-state index in [0.717, 1.165) is 81.2 Å². The molecule has 37 heavy (non-hydrogen) atoms. The molecular weight excluding hydrogens is 464 g/mol. The Labute approximate surface area is 219 Å². The molecule has 0 radical (unpaired) electrons. The van der Waals surface area contributed by atoms with E-state index in [1.54, 1.807) is 7.11 Å². The molecule has 2 aliphatic carbocycles. The molecule has 2 aliphatic heterocycles. The minimum Gasteiger partial charge on any atom is -0.496 e. The molecule has 7 nitrogen and oxygen atoms in total. The van der Waals surface area contributed by atoms with Gasteiger partial charge < -0.3 is 19.7 Å². The molecule has 1 N–H and O–H groups in total. The normalized spacial score (nSPS) is 20.8. The number of pyridine rings is 1. The van der Waals surface area contributed by atoms with Crippen molar-refractivity contribution in [3.05, 3.63) is 47.3 Å². The van der Waals surface area contributed by atoms with Crippen LogP contribution >= 0.6 is 0 Å². The van der Waals surface area contributed by atoms with Crippen molar-refractivity contribution in [2.45, 2.75) is 57.0 Å². The lowest BCUT2D eigenvalue weighted by atomic mass is 9.97. The number of benzene rings is 1. The standard InChI is InChI=1S/C30H38N4O3/c1-36-28-19-21(30(35)34-13-11-23(12-14-34)33-15-17-37-18-16-33)9-10-24(28)26-20-31-27-8-4-7-25(27)29(26)32-22-5-2-3-6-22/h4,7,9-10,19-20,22-23H,2-3,5-6,8,11-18H2,1H3,(H,31,32). The van der Waals surface area contributed by atoms with Crippen molar-refractivity contribution in [1.29, 1.82) is 0 Å². The highest BCUT2D eigenvalue weighted by Gasteiger charge is 2.29. The van der Waals surface area contributed by atoms with Gasteiger partial charge in [0.1, 0.15) is 5.75 Å². The molecular formula is C30H38N4O3. The summed E-state index contributed by atoms with van der Waals surface area (Å²) >= 11 is 0. The first kappa shape index (κ1) is 24.4. The van der Waals surface area contributed by atoms with Crippen LogP contribution < -0.4 is 10.1 Å². The number of ether oxygens (including phenoxy) is 2. The maximum atomic E-state index is 13.5. The number of hydrogen-bond donors (Lipinski definition) is 1. The lowest BCUT2D eigenvalue weighted by Crippen LogP contribution is -2.50. The van der Waals surface area contributed by atoms with Gasteiger partial charge >= 0.3 is 0 Å². The number of aromatic nitrogens is 1. The SMILES string of the molecule is COc1cc(C(=O)N2CCC(N3CCOCC3)CC2)ccc1-c1cnc2c(c1NC1CCCC1)C=CC2. The Hall–Kier alpha value is -2.90. The molecule has 2 saturated heterocycles. The molecule has 0 bridgehead atoms. The van der Waals surface area contributed by atoms with Crippen LogP contribution in [-0.4, -0.2) is 79.3 Å². The van der Waals surface area contributed by atoms with Gasteiger partial charge in [0.15, 0.2) is 0 Å². The Morgan fingerprint density at radius 3 is 2.59 bits per heavy atom. The summed E-state index contributed by atoms with van der Waals surface area (Å²) in [4.78, 5) is 22.8. The van der Waals surface area contributed by atoms with Crippen LogP contribution in [0.25, 0.3) is 17.2 Å². The molecule has 6 rings (SSSR count). The topological polar surface area (TPSA) is 66.9 Å². The molecule has 2 aromatic rings. The Balaban J connectivity index is 1.22. The van der Waals surface area contributed by atoms with E-state index in [4.69, 9.17) is 14.5 Å². The average molecular weight is 503 g/mol. The zero-order chi connectivity index (χ0) is 25.2. The maximum Gasteiger partial charge on any atom is 0.253 e. The lowest BCUT2D eigenvalue weighted by molar-refractivity contribution is 0.00159. The van der Waals surface area contributed by atoms with Gasteiger partial charge in [-0.2, -0.15) is 0 Å². The summed E-state index contributed by atoms with van der Waals surface area (Å²) in [6.07, 6.45) is 14.2. The molecule has 1 aromatic heterocycles. The number of likely N-dealkylation sites (tertiary alicyclic amines) is 1. The van der Waals surface area contributed by atoms with Gasteiger partial charge in [-0.25, -0.2) is 0 Å². The van der Waals surface area contributed by atoms with E-state index in [-0.39, 0.29) is 5.91 Å². The van der Waals surface area contributed by atoms with E-state index in [9.17, 15) is 4.79 Å². The van der Waals surface area contributed by atoms with Crippen LogP contribution in [-0.2, 0) is 11.2 Å². The fourth-order valence-corrected chi connectivity index (χ4v) is 6.44. The van der Waals surface area contributed by atoms with Crippen molar-refractivity contribution in [1.82, 2.24) is 14.8 Å². The summed E-state index contributed by atoms with van der Waals surface area (Å²) in [7, 11) is 1.69. The monoisotopic (exact) mass is 502 g/mol. The second-order valence-electron chi connectivity index (χ2n) is 10.7. The number of carbonyl (C=O) groups excluding carboxylic acids is 1. The van der Waals surface area contributed by atoms with E-state index in [1.165, 1.54) is 31.2 Å². The quantitative estimate of drug-likeness (QED) is 0.622. The van der Waals surface area contributed by atoms with Gasteiger partial charge in [-0.1, -0.05) is 25.0 Å². The van der Waals surface area contributed by atoms with Crippen molar-refractivity contribution in [3.8, 4) is 16.9 Å². The zero-order valence-electron chi connectivity index (χ0n) is 21.9. The van der Waals surface area contributed by atoms with Gasteiger partial charge in [-0.15, -0.1) is 0 Å². The number of piperidine rings is 1. The van der Waals surface area contributed by atoms with Crippen LogP contribution in [0.1, 0.15) is 60.1 Å². The Morgan fingerprint density at radius 1 is 1.05 bits per heavy atom. The molecule has 3 heterocycles. The van der Waals surface area contributed by atoms with Crippen LogP contribution in [0.2, 0.25) is 0 Å². The van der Waals surface area contributed by atoms with Crippen molar-refractivity contribution in [3.63, 3.8) is 0 Å². The van der Waals surface area contributed by atoms with E-state index in [1.807, 2.05) is 29.3 Å². The van der Waals surface area contributed by atoms with E-state index < -0.39 is 0 Å². The van der Waals surface area contributed by atoms with Crippen molar-refractivity contribution in [2.24, 2.45) is 0 Å². The Kier molecular flexibility index (Phi) is 7.16.